The molecule has 0 saturated carbocycles. The summed E-state index contributed by atoms with van der Waals surface area (Å²) in [7, 11) is 0. The number of ether oxygens (including phenoxy) is 2. The van der Waals surface area contributed by atoms with Gasteiger partial charge in [0.15, 0.2) is 0 Å². The highest BCUT2D eigenvalue weighted by Crippen LogP contribution is 2.21. The average Bonchev–Trinajstić information content (AvgIpc) is 2.41. The van der Waals surface area contributed by atoms with E-state index in [1.54, 1.807) is 0 Å². The molecule has 3 unspecified atom stereocenters. The van der Waals surface area contributed by atoms with Gasteiger partial charge in [-0.25, -0.2) is 0 Å². The summed E-state index contributed by atoms with van der Waals surface area (Å²) < 4.78 is 10.2. The molecule has 0 radical (unpaired) electrons. The van der Waals surface area contributed by atoms with E-state index in [1.165, 1.54) is 0 Å². The van der Waals surface area contributed by atoms with E-state index in [0.29, 0.717) is 6.54 Å². The first-order valence-electron chi connectivity index (χ1n) is 3.48. The Hall–Kier alpha value is -0.650. The van der Waals surface area contributed by atoms with Crippen molar-refractivity contribution >= 4 is 5.97 Å². The number of carboxylic acids is 1. The first-order chi connectivity index (χ1) is 5.29. The van der Waals surface area contributed by atoms with Crippen LogP contribution < -0.4 is 5.32 Å². The van der Waals surface area contributed by atoms with Gasteiger partial charge in [0.2, 0.25) is 0 Å². The zero-order chi connectivity index (χ0) is 7.84. The standard InChI is InChI=1S/C6H9NO4/c8-6(9)4-5-3(1-7-4)10-2-11-5/h3-5,7H,1-2H2,(H,8,9). The monoisotopic (exact) mass is 159 g/mol. The molecule has 0 amide bonds. The number of nitrogens with one attached hydrogen (secondary N) is 1. The molecular formula is C6H9NO4. The third-order valence-electron chi connectivity index (χ3n) is 2.04. The van der Waals surface area contributed by atoms with Crippen LogP contribution in [-0.4, -0.2) is 42.7 Å². The van der Waals surface area contributed by atoms with E-state index in [2.05, 4.69) is 5.32 Å². The van der Waals surface area contributed by atoms with E-state index in [-0.39, 0.29) is 19.0 Å². The number of carbonyl (C=O) groups is 1. The van der Waals surface area contributed by atoms with Crippen LogP contribution >= 0.6 is 0 Å². The van der Waals surface area contributed by atoms with Crippen molar-refractivity contribution in [3.8, 4) is 0 Å². The molecule has 62 valence electrons. The minimum atomic E-state index is -0.872. The van der Waals surface area contributed by atoms with Gasteiger partial charge in [0.25, 0.3) is 0 Å². The van der Waals surface area contributed by atoms with E-state index in [1.807, 2.05) is 0 Å². The van der Waals surface area contributed by atoms with Crippen LogP contribution in [0.2, 0.25) is 0 Å². The minimum absolute atomic E-state index is 0.0731. The fourth-order valence-electron chi connectivity index (χ4n) is 1.48. The molecule has 0 spiro atoms. The topological polar surface area (TPSA) is 67.8 Å². The summed E-state index contributed by atoms with van der Waals surface area (Å²) in [6.07, 6.45) is -0.372. The highest BCUT2D eigenvalue weighted by molar-refractivity contribution is 5.75. The summed E-state index contributed by atoms with van der Waals surface area (Å²) in [4.78, 5) is 10.5. The Morgan fingerprint density at radius 3 is 3.09 bits per heavy atom. The van der Waals surface area contributed by atoms with Crippen LogP contribution in [-0.2, 0) is 14.3 Å². The van der Waals surface area contributed by atoms with Crippen LogP contribution in [0.25, 0.3) is 0 Å². The Bertz CT molecular complexity index is 183. The molecule has 2 N–H and O–H groups in total. The first kappa shape index (κ1) is 7.02. The van der Waals surface area contributed by atoms with Crippen molar-refractivity contribution in [1.82, 2.24) is 5.32 Å². The van der Waals surface area contributed by atoms with Crippen molar-refractivity contribution in [3.63, 3.8) is 0 Å². The zero-order valence-corrected chi connectivity index (χ0v) is 5.82. The number of carboxylic acid groups (broad SMARTS) is 1. The fraction of sp³-hybridized carbons (Fsp3) is 0.833. The maximum atomic E-state index is 10.5. The summed E-state index contributed by atoms with van der Waals surface area (Å²) >= 11 is 0. The normalized spacial score (nSPS) is 42.4. The van der Waals surface area contributed by atoms with Gasteiger partial charge in [0.05, 0.1) is 0 Å². The second kappa shape index (κ2) is 2.44. The van der Waals surface area contributed by atoms with Gasteiger partial charge >= 0.3 is 5.97 Å². The van der Waals surface area contributed by atoms with Crippen LogP contribution in [0.3, 0.4) is 0 Å². The van der Waals surface area contributed by atoms with Crippen molar-refractivity contribution in [3.05, 3.63) is 0 Å². The number of hydrogen-bond donors (Lipinski definition) is 2. The SMILES string of the molecule is O=C(O)C1NCC2OCOC21. The molecule has 2 fully saturated rings. The summed E-state index contributed by atoms with van der Waals surface area (Å²) in [5.41, 5.74) is 0. The molecule has 2 heterocycles. The maximum absolute atomic E-state index is 10.5. The lowest BCUT2D eigenvalue weighted by Gasteiger charge is -2.10. The van der Waals surface area contributed by atoms with E-state index >= 15 is 0 Å². The number of fused-ring (bicyclic) bond motifs is 1. The van der Waals surface area contributed by atoms with E-state index in [0.717, 1.165) is 0 Å². The van der Waals surface area contributed by atoms with Crippen LogP contribution in [0.15, 0.2) is 0 Å². The van der Waals surface area contributed by atoms with Crippen LogP contribution in [0.5, 0.6) is 0 Å². The molecular weight excluding hydrogens is 150 g/mol. The van der Waals surface area contributed by atoms with Crippen LogP contribution in [0.1, 0.15) is 0 Å². The summed E-state index contributed by atoms with van der Waals surface area (Å²) in [6.45, 7) is 0.794. The molecule has 2 aliphatic heterocycles. The molecule has 2 aliphatic rings. The molecule has 0 bridgehead atoms. The lowest BCUT2D eigenvalue weighted by Crippen LogP contribution is -2.39. The molecule has 0 aromatic carbocycles. The quantitative estimate of drug-likeness (QED) is 0.502. The third-order valence-corrected chi connectivity index (χ3v) is 2.04. The van der Waals surface area contributed by atoms with Crippen molar-refractivity contribution in [1.29, 1.82) is 0 Å². The van der Waals surface area contributed by atoms with E-state index in [9.17, 15) is 4.79 Å². The second-order valence-electron chi connectivity index (χ2n) is 2.68. The molecule has 5 heteroatoms. The predicted molar refractivity (Wildman–Crippen MR) is 34.0 cm³/mol. The minimum Gasteiger partial charge on any atom is -0.480 e. The smallest absolute Gasteiger partial charge is 0.323 e. The van der Waals surface area contributed by atoms with Gasteiger partial charge in [-0.05, 0) is 0 Å². The van der Waals surface area contributed by atoms with Gasteiger partial charge in [0, 0.05) is 6.54 Å². The largest absolute Gasteiger partial charge is 0.480 e. The maximum Gasteiger partial charge on any atom is 0.323 e. The van der Waals surface area contributed by atoms with E-state index < -0.39 is 12.0 Å². The van der Waals surface area contributed by atoms with Crippen molar-refractivity contribution < 1.29 is 19.4 Å². The summed E-state index contributed by atoms with van der Waals surface area (Å²) in [5.74, 6) is -0.872. The zero-order valence-electron chi connectivity index (χ0n) is 5.82. The Kier molecular flexibility index (Phi) is 1.56. The van der Waals surface area contributed by atoms with Gasteiger partial charge in [-0.1, -0.05) is 0 Å². The van der Waals surface area contributed by atoms with Crippen molar-refractivity contribution in [2.75, 3.05) is 13.3 Å². The Morgan fingerprint density at radius 2 is 2.36 bits per heavy atom. The summed E-state index contributed by atoms with van der Waals surface area (Å²) in [5, 5.41) is 11.5. The molecule has 2 saturated heterocycles. The van der Waals surface area contributed by atoms with Crippen molar-refractivity contribution in [2.45, 2.75) is 18.2 Å². The van der Waals surface area contributed by atoms with Gasteiger partial charge in [-0.15, -0.1) is 0 Å². The van der Waals surface area contributed by atoms with Gasteiger partial charge in [-0.2, -0.15) is 0 Å². The molecule has 2 rings (SSSR count). The molecule has 0 aromatic heterocycles. The molecule has 0 aromatic rings. The lowest BCUT2D eigenvalue weighted by molar-refractivity contribution is -0.141. The molecule has 11 heavy (non-hydrogen) atoms. The van der Waals surface area contributed by atoms with Crippen molar-refractivity contribution in [2.24, 2.45) is 0 Å². The Balaban J connectivity index is 2.08. The number of rotatable bonds is 1. The van der Waals surface area contributed by atoms with Gasteiger partial charge in [-0.3, -0.25) is 10.1 Å². The lowest BCUT2D eigenvalue weighted by atomic mass is 10.1. The Labute approximate surface area is 63.3 Å². The number of aliphatic carboxylic acids is 1. The van der Waals surface area contributed by atoms with Gasteiger partial charge in [0.1, 0.15) is 25.0 Å². The van der Waals surface area contributed by atoms with Crippen LogP contribution in [0, 0.1) is 0 Å². The molecule has 5 nitrogen and oxygen atoms in total. The van der Waals surface area contributed by atoms with Gasteiger partial charge < -0.3 is 14.6 Å². The highest BCUT2D eigenvalue weighted by atomic mass is 16.7. The summed E-state index contributed by atoms with van der Waals surface area (Å²) in [6, 6.07) is -0.595. The van der Waals surface area contributed by atoms with E-state index in [4.69, 9.17) is 14.6 Å². The average molecular weight is 159 g/mol. The Morgan fingerprint density at radius 1 is 1.55 bits per heavy atom. The fourth-order valence-corrected chi connectivity index (χ4v) is 1.48. The first-order valence-corrected chi connectivity index (χ1v) is 3.48. The molecule has 0 aliphatic carbocycles. The third kappa shape index (κ3) is 1.01. The predicted octanol–water partition coefficient (Wildman–Crippen LogP) is -1.22. The van der Waals surface area contributed by atoms with Crippen LogP contribution in [0.4, 0.5) is 0 Å². The highest BCUT2D eigenvalue weighted by Gasteiger charge is 2.45. The number of hydrogen-bond acceptors (Lipinski definition) is 4. The second-order valence-corrected chi connectivity index (χ2v) is 2.68. The molecule has 3 atom stereocenters.